The molecule has 1 aliphatic carbocycles. The van der Waals surface area contributed by atoms with Gasteiger partial charge >= 0.3 is 6.18 Å². The van der Waals surface area contributed by atoms with Crippen LogP contribution in [0.15, 0.2) is 39.6 Å². The molecule has 1 aromatic carbocycles. The van der Waals surface area contributed by atoms with Crippen molar-refractivity contribution in [1.29, 1.82) is 0 Å². The summed E-state index contributed by atoms with van der Waals surface area (Å²) < 4.78 is 38.8. The van der Waals surface area contributed by atoms with Crippen LogP contribution in [-0.2, 0) is 15.8 Å². The highest BCUT2D eigenvalue weighted by molar-refractivity contribution is 7.99. The van der Waals surface area contributed by atoms with E-state index < -0.39 is 11.7 Å². The fourth-order valence-electron chi connectivity index (χ4n) is 2.95. The fourth-order valence-corrected chi connectivity index (χ4v) is 4.23. The lowest BCUT2D eigenvalue weighted by Crippen LogP contribution is -2.24. The molecule has 1 atom stereocenters. The van der Waals surface area contributed by atoms with Crippen LogP contribution in [0.3, 0.4) is 0 Å². The van der Waals surface area contributed by atoms with E-state index >= 15 is 0 Å². The van der Waals surface area contributed by atoms with Crippen LogP contribution in [0.1, 0.15) is 38.7 Å². The van der Waals surface area contributed by atoms with Gasteiger partial charge in [-0.2, -0.15) is 13.2 Å². The van der Waals surface area contributed by atoms with E-state index in [1.54, 1.807) is 13.8 Å². The number of carbonyl (C=O) groups is 1. The normalized spacial score (nSPS) is 18.6. The Hall–Kier alpha value is -1.67. The van der Waals surface area contributed by atoms with Crippen LogP contribution >= 0.6 is 23.4 Å². The number of aliphatic hydroxyl groups excluding tert-OH is 1. The van der Waals surface area contributed by atoms with Crippen molar-refractivity contribution in [3.63, 3.8) is 0 Å². The number of rotatable bonds is 7. The molecule has 0 bridgehead atoms. The van der Waals surface area contributed by atoms with Gasteiger partial charge in [-0.15, -0.1) is 11.8 Å². The first kappa shape index (κ1) is 22.6. The summed E-state index contributed by atoms with van der Waals surface area (Å²) in [5, 5.41) is 13.7. The number of hydrogen-bond donors (Lipinski definition) is 1. The highest BCUT2D eigenvalue weighted by Gasteiger charge is 2.33. The molecule has 4 nitrogen and oxygen atoms in total. The molecule has 1 N–H and O–H groups in total. The topological polar surface area (TPSA) is 58.9 Å². The van der Waals surface area contributed by atoms with Crippen molar-refractivity contribution >= 4 is 34.9 Å². The summed E-state index contributed by atoms with van der Waals surface area (Å²) >= 11 is 6.88. The first-order valence-corrected chi connectivity index (χ1v) is 10.1. The molecule has 0 amide bonds. The fraction of sp³-hybridized carbons (Fsp3) is 0.474. The second kappa shape index (κ2) is 9.69. The summed E-state index contributed by atoms with van der Waals surface area (Å²) in [4.78, 5) is 17.7. The van der Waals surface area contributed by atoms with Crippen LogP contribution in [0.2, 0.25) is 5.02 Å². The van der Waals surface area contributed by atoms with E-state index in [2.05, 4.69) is 5.16 Å². The minimum Gasteiger partial charge on any atom is -0.511 e. The molecule has 1 aromatic rings. The Bertz CT molecular complexity index is 793. The molecule has 0 saturated heterocycles. The highest BCUT2D eigenvalue weighted by atomic mass is 35.5. The van der Waals surface area contributed by atoms with Crippen molar-refractivity contribution in [3.8, 4) is 0 Å². The number of carbonyl (C=O) groups excluding carboxylic acids is 1. The summed E-state index contributed by atoms with van der Waals surface area (Å²) in [5.74, 6) is 0.229. The zero-order valence-electron chi connectivity index (χ0n) is 15.5. The second-order valence-corrected chi connectivity index (χ2v) is 7.97. The zero-order valence-corrected chi connectivity index (χ0v) is 17.0. The molecule has 2 rings (SSSR count). The quantitative estimate of drug-likeness (QED) is 0.322. The number of halogens is 4. The molecule has 0 saturated carbocycles. The average molecular weight is 436 g/mol. The Balaban J connectivity index is 1.97. The molecule has 0 fully saturated rings. The van der Waals surface area contributed by atoms with Crippen molar-refractivity contribution < 1.29 is 27.9 Å². The second-order valence-electron chi connectivity index (χ2n) is 6.39. The van der Waals surface area contributed by atoms with Gasteiger partial charge < -0.3 is 9.94 Å². The van der Waals surface area contributed by atoms with Gasteiger partial charge in [-0.05, 0) is 50.1 Å². The van der Waals surface area contributed by atoms with Crippen LogP contribution in [0.5, 0.6) is 0 Å². The molecule has 1 aliphatic rings. The molecule has 0 radical (unpaired) electrons. The molecule has 0 aromatic heterocycles. The number of thioether (sulfide) groups is 1. The highest BCUT2D eigenvalue weighted by Crippen LogP contribution is 2.37. The monoisotopic (exact) mass is 435 g/mol. The predicted octanol–water partition coefficient (Wildman–Crippen LogP) is 6.04. The number of ketones is 1. The lowest BCUT2D eigenvalue weighted by atomic mass is 9.84. The van der Waals surface area contributed by atoms with E-state index in [1.165, 1.54) is 23.9 Å². The lowest BCUT2D eigenvalue weighted by molar-refractivity contribution is -0.137. The minimum absolute atomic E-state index is 0.0157. The van der Waals surface area contributed by atoms with E-state index in [-0.39, 0.29) is 34.5 Å². The number of hydrogen-bond acceptors (Lipinski definition) is 5. The molecule has 0 heterocycles. The van der Waals surface area contributed by atoms with Gasteiger partial charge in [-0.25, -0.2) is 0 Å². The van der Waals surface area contributed by atoms with E-state index in [0.717, 1.165) is 6.07 Å². The van der Waals surface area contributed by atoms with Crippen LogP contribution in [0.4, 0.5) is 13.2 Å². The van der Waals surface area contributed by atoms with Crippen molar-refractivity contribution in [1.82, 2.24) is 0 Å². The van der Waals surface area contributed by atoms with Gasteiger partial charge in [0, 0.05) is 17.7 Å². The molecule has 154 valence electrons. The third kappa shape index (κ3) is 5.91. The molecule has 1 unspecified atom stereocenters. The van der Waals surface area contributed by atoms with Gasteiger partial charge in [0.15, 0.2) is 5.78 Å². The van der Waals surface area contributed by atoms with Crippen LogP contribution in [0, 0.1) is 5.92 Å². The largest absolute Gasteiger partial charge is 0.511 e. The van der Waals surface area contributed by atoms with Gasteiger partial charge in [-0.3, -0.25) is 4.79 Å². The van der Waals surface area contributed by atoms with Gasteiger partial charge in [0.2, 0.25) is 0 Å². The third-order valence-electron chi connectivity index (χ3n) is 4.25. The molecule has 9 heteroatoms. The maximum Gasteiger partial charge on any atom is 0.417 e. The first-order valence-electron chi connectivity index (χ1n) is 8.75. The first-order chi connectivity index (χ1) is 13.1. The summed E-state index contributed by atoms with van der Waals surface area (Å²) in [6, 6.07) is 3.80. The summed E-state index contributed by atoms with van der Waals surface area (Å²) in [7, 11) is 0. The van der Waals surface area contributed by atoms with E-state index in [4.69, 9.17) is 16.4 Å². The number of allylic oxidation sites excluding steroid dienone is 2. The number of aliphatic hydroxyl groups is 1. The van der Waals surface area contributed by atoms with Crippen molar-refractivity contribution in [3.05, 3.63) is 40.1 Å². The molecule has 0 spiro atoms. The van der Waals surface area contributed by atoms with Crippen molar-refractivity contribution in [2.75, 3.05) is 12.4 Å². The van der Waals surface area contributed by atoms with Crippen molar-refractivity contribution in [2.45, 2.75) is 44.2 Å². The van der Waals surface area contributed by atoms with Gasteiger partial charge in [-0.1, -0.05) is 16.8 Å². The van der Waals surface area contributed by atoms with Crippen LogP contribution in [-0.4, -0.2) is 29.0 Å². The van der Waals surface area contributed by atoms with Gasteiger partial charge in [0.25, 0.3) is 0 Å². The Morgan fingerprint density at radius 2 is 2.11 bits per heavy atom. The van der Waals surface area contributed by atoms with E-state index in [1.807, 2.05) is 0 Å². The van der Waals surface area contributed by atoms with E-state index in [9.17, 15) is 23.1 Å². The van der Waals surface area contributed by atoms with E-state index in [0.29, 0.717) is 35.8 Å². The lowest BCUT2D eigenvalue weighted by Gasteiger charge is -2.23. The van der Waals surface area contributed by atoms with Crippen molar-refractivity contribution in [2.24, 2.45) is 11.1 Å². The third-order valence-corrected chi connectivity index (χ3v) is 5.61. The summed E-state index contributed by atoms with van der Waals surface area (Å²) in [5.41, 5.74) is -0.316. The summed E-state index contributed by atoms with van der Waals surface area (Å²) in [6.07, 6.45) is -3.33. The molecule has 28 heavy (non-hydrogen) atoms. The number of oxime groups is 1. The maximum atomic E-state index is 12.9. The average Bonchev–Trinajstić information content (AvgIpc) is 2.59. The summed E-state index contributed by atoms with van der Waals surface area (Å²) in [6.45, 7) is 3.73. The molecule has 0 aliphatic heterocycles. The maximum absolute atomic E-state index is 12.9. The Labute approximate surface area is 170 Å². The number of alkyl halides is 3. The number of Topliss-reactive ketones (excluding diaryl/α,β-unsaturated/α-hetero) is 1. The zero-order chi connectivity index (χ0) is 20.9. The Morgan fingerprint density at radius 1 is 1.39 bits per heavy atom. The van der Waals surface area contributed by atoms with Crippen LogP contribution in [0.25, 0.3) is 0 Å². The number of benzene rings is 1. The Morgan fingerprint density at radius 3 is 2.71 bits per heavy atom. The SMILES string of the molecule is CCO/N=C(\C)C1=C(O)CC(CCSc2ccc(Cl)c(C(F)(F)F)c2)CC1=O. The number of nitrogens with zero attached hydrogens (tertiary/aromatic N) is 1. The van der Waals surface area contributed by atoms with Crippen LogP contribution < -0.4 is 0 Å². The Kier molecular flexibility index (Phi) is 7.83. The molecular weight excluding hydrogens is 415 g/mol. The van der Waals surface area contributed by atoms with Gasteiger partial charge in [0.1, 0.15) is 12.4 Å². The smallest absolute Gasteiger partial charge is 0.417 e. The standard InChI is InChI=1S/C19H21ClF3NO3S/c1-3-27-24-11(2)18-16(25)8-12(9-17(18)26)6-7-28-13-4-5-15(20)14(10-13)19(21,22)23/h4-5,10,12,25H,3,6-9H2,1-2H3/b24-11+. The minimum atomic E-state index is -4.50. The molecular formula is C19H21ClF3NO3S. The van der Waals surface area contributed by atoms with Gasteiger partial charge in [0.05, 0.1) is 21.9 Å². The predicted molar refractivity (Wildman–Crippen MR) is 104 cm³/mol.